The van der Waals surface area contributed by atoms with Gasteiger partial charge in [-0.15, -0.1) is 10.2 Å². The van der Waals surface area contributed by atoms with Crippen molar-refractivity contribution in [3.63, 3.8) is 0 Å². The molecule has 3 aromatic heterocycles. The number of benzene rings is 1. The minimum absolute atomic E-state index is 0.0362. The Morgan fingerprint density at radius 3 is 2.48 bits per heavy atom. The van der Waals surface area contributed by atoms with E-state index in [1.807, 2.05) is 41.2 Å². The van der Waals surface area contributed by atoms with E-state index in [2.05, 4.69) is 62.1 Å². The topological polar surface area (TPSA) is 73.0 Å². The molecule has 1 fully saturated rings. The van der Waals surface area contributed by atoms with Crippen molar-refractivity contribution in [3.8, 4) is 5.75 Å². The van der Waals surface area contributed by atoms with E-state index in [-0.39, 0.29) is 12.1 Å². The molecule has 0 radical (unpaired) electrons. The van der Waals surface area contributed by atoms with Crippen LogP contribution in [0.3, 0.4) is 0 Å². The molecule has 1 saturated heterocycles. The molecule has 1 aliphatic rings. The maximum absolute atomic E-state index is 5.84. The largest absolute Gasteiger partial charge is 0.497 e. The molecule has 0 spiro atoms. The first-order chi connectivity index (χ1) is 16.1. The second-order valence-corrected chi connectivity index (χ2v) is 8.47. The third-order valence-electron chi connectivity index (χ3n) is 6.10. The van der Waals surface area contributed by atoms with Gasteiger partial charge in [0.25, 0.3) is 0 Å². The predicted octanol–water partition coefficient (Wildman–Crippen LogP) is 3.58. The molecule has 4 heterocycles. The van der Waals surface area contributed by atoms with Crippen LogP contribution in [0.5, 0.6) is 5.75 Å². The first-order valence-electron chi connectivity index (χ1n) is 10.7. The Hall–Kier alpha value is -3.72. The number of nitrogens with zero attached hydrogens (tertiary/aromatic N) is 6. The van der Waals surface area contributed by atoms with E-state index >= 15 is 0 Å². The minimum Gasteiger partial charge on any atom is -0.497 e. The number of rotatable bonds is 6. The summed E-state index contributed by atoms with van der Waals surface area (Å²) in [6, 6.07) is 16.2. The zero-order chi connectivity index (χ0) is 22.9. The van der Waals surface area contributed by atoms with Crippen molar-refractivity contribution >= 4 is 17.3 Å². The van der Waals surface area contributed by atoms with Gasteiger partial charge in [0.1, 0.15) is 18.4 Å². The third-order valence-corrected chi connectivity index (χ3v) is 6.45. The molecular weight excluding hydrogens is 434 g/mol. The predicted molar refractivity (Wildman–Crippen MR) is 129 cm³/mol. The molecular formula is C24H25N7OS. The maximum atomic E-state index is 5.84. The molecule has 168 valence electrons. The van der Waals surface area contributed by atoms with E-state index in [9.17, 15) is 0 Å². The van der Waals surface area contributed by atoms with Crippen molar-refractivity contribution in [3.05, 3.63) is 95.6 Å². The van der Waals surface area contributed by atoms with Gasteiger partial charge in [0, 0.05) is 29.7 Å². The van der Waals surface area contributed by atoms with Crippen LogP contribution in [0.2, 0.25) is 0 Å². The maximum Gasteiger partial charge on any atom is 0.170 e. The van der Waals surface area contributed by atoms with Gasteiger partial charge in [0.2, 0.25) is 0 Å². The van der Waals surface area contributed by atoms with Gasteiger partial charge in [0.15, 0.2) is 5.11 Å². The van der Waals surface area contributed by atoms with Crippen LogP contribution in [-0.4, -0.2) is 41.7 Å². The van der Waals surface area contributed by atoms with Crippen molar-refractivity contribution < 1.29 is 4.74 Å². The highest BCUT2D eigenvalue weighted by Crippen LogP contribution is 2.41. The van der Waals surface area contributed by atoms with E-state index < -0.39 is 0 Å². The van der Waals surface area contributed by atoms with E-state index in [0.29, 0.717) is 11.7 Å². The first kappa shape index (κ1) is 21.1. The number of hydrogen-bond donors (Lipinski definition) is 1. The summed E-state index contributed by atoms with van der Waals surface area (Å²) in [5.74, 6) is 0.835. The van der Waals surface area contributed by atoms with Crippen molar-refractivity contribution in [2.75, 3.05) is 7.11 Å². The van der Waals surface area contributed by atoms with Crippen LogP contribution in [0.15, 0.2) is 67.4 Å². The number of aryl methyl sites for hydroxylation is 1. The van der Waals surface area contributed by atoms with Crippen molar-refractivity contribution in [1.82, 2.24) is 34.8 Å². The quantitative estimate of drug-likeness (QED) is 0.442. The average molecular weight is 460 g/mol. The lowest BCUT2D eigenvalue weighted by molar-refractivity contribution is 0.309. The van der Waals surface area contributed by atoms with Crippen molar-refractivity contribution in [2.24, 2.45) is 0 Å². The summed E-state index contributed by atoms with van der Waals surface area (Å²) in [6.45, 7) is 4.87. The second kappa shape index (κ2) is 8.67. The fourth-order valence-corrected chi connectivity index (χ4v) is 4.88. The minimum atomic E-state index is -0.0770. The summed E-state index contributed by atoms with van der Waals surface area (Å²) in [7, 11) is 1.67. The van der Waals surface area contributed by atoms with Crippen LogP contribution in [0.4, 0.5) is 0 Å². The van der Waals surface area contributed by atoms with Gasteiger partial charge in [-0.05, 0) is 62.0 Å². The molecule has 1 aromatic carbocycles. The number of nitrogens with one attached hydrogen (secondary N) is 1. The van der Waals surface area contributed by atoms with Gasteiger partial charge in [0.05, 0.1) is 24.9 Å². The summed E-state index contributed by atoms with van der Waals surface area (Å²) >= 11 is 5.84. The van der Waals surface area contributed by atoms with Crippen LogP contribution >= 0.6 is 12.2 Å². The number of aromatic nitrogens is 5. The smallest absolute Gasteiger partial charge is 0.170 e. The van der Waals surface area contributed by atoms with E-state index in [4.69, 9.17) is 17.0 Å². The Morgan fingerprint density at radius 2 is 1.82 bits per heavy atom. The molecule has 5 rings (SSSR count). The number of hydrogen-bond acceptors (Lipinski definition) is 5. The lowest BCUT2D eigenvalue weighted by atomic mass is 9.96. The molecule has 0 unspecified atom stereocenters. The van der Waals surface area contributed by atoms with Gasteiger partial charge in [-0.3, -0.25) is 9.66 Å². The molecule has 2 atom stereocenters. The Balaban J connectivity index is 1.58. The Morgan fingerprint density at radius 1 is 1.06 bits per heavy atom. The summed E-state index contributed by atoms with van der Waals surface area (Å²) in [6.07, 6.45) is 5.23. The molecule has 0 bridgehead atoms. The van der Waals surface area contributed by atoms with Crippen molar-refractivity contribution in [2.45, 2.75) is 32.5 Å². The van der Waals surface area contributed by atoms with E-state index in [0.717, 1.165) is 28.4 Å². The molecule has 1 N–H and O–H groups in total. The highest BCUT2D eigenvalue weighted by Gasteiger charge is 2.41. The zero-order valence-electron chi connectivity index (χ0n) is 18.7. The summed E-state index contributed by atoms with van der Waals surface area (Å²) in [4.78, 5) is 6.89. The highest BCUT2D eigenvalue weighted by molar-refractivity contribution is 7.80. The van der Waals surface area contributed by atoms with Gasteiger partial charge < -0.3 is 15.0 Å². The van der Waals surface area contributed by atoms with Crippen LogP contribution in [-0.2, 0) is 6.54 Å². The molecule has 4 aromatic rings. The summed E-state index contributed by atoms with van der Waals surface area (Å²) in [5.41, 5.74) is 5.47. The molecule has 33 heavy (non-hydrogen) atoms. The van der Waals surface area contributed by atoms with Crippen molar-refractivity contribution in [1.29, 1.82) is 0 Å². The SMILES string of the molecule is COc1ccc(CN2C(=S)N[C@@H](c3ccccn3)[C@@H]2c2cc(C)n(-n3cnnc3)c2C)cc1. The van der Waals surface area contributed by atoms with Crippen LogP contribution in [0.1, 0.15) is 40.3 Å². The van der Waals surface area contributed by atoms with Gasteiger partial charge in [-0.25, -0.2) is 4.68 Å². The molecule has 1 aliphatic heterocycles. The molecule has 9 heteroatoms. The molecule has 0 aliphatic carbocycles. The standard InChI is InChI=1S/C24H25N7OS/c1-16-12-20(17(2)31(16)29-14-26-27-15-29)23-22(21-6-4-5-11-25-21)28-24(33)30(23)13-18-7-9-19(32-3)10-8-18/h4-12,14-15,22-23H,13H2,1-3H3,(H,28,33)/t22-,23-/m0/s1. The number of ether oxygens (including phenoxy) is 1. The normalized spacial score (nSPS) is 17.9. The van der Waals surface area contributed by atoms with Crippen LogP contribution in [0, 0.1) is 13.8 Å². The molecule has 0 amide bonds. The number of pyridine rings is 1. The van der Waals surface area contributed by atoms with Gasteiger partial charge >= 0.3 is 0 Å². The van der Waals surface area contributed by atoms with Gasteiger partial charge in [-0.1, -0.05) is 18.2 Å². The van der Waals surface area contributed by atoms with Crippen LogP contribution in [0.25, 0.3) is 0 Å². The fraction of sp³-hybridized carbons (Fsp3) is 0.250. The summed E-state index contributed by atoms with van der Waals surface area (Å²) < 4.78 is 9.31. The Labute approximate surface area is 197 Å². The third kappa shape index (κ3) is 3.84. The van der Waals surface area contributed by atoms with E-state index in [1.54, 1.807) is 19.8 Å². The monoisotopic (exact) mass is 459 g/mol. The number of methoxy groups -OCH3 is 1. The lowest BCUT2D eigenvalue weighted by Crippen LogP contribution is -2.29. The average Bonchev–Trinajstić information content (AvgIpc) is 3.54. The first-order valence-corrected chi connectivity index (χ1v) is 11.1. The molecule has 8 nitrogen and oxygen atoms in total. The van der Waals surface area contributed by atoms with E-state index in [1.165, 1.54) is 5.56 Å². The second-order valence-electron chi connectivity index (χ2n) is 8.08. The highest BCUT2D eigenvalue weighted by atomic mass is 32.1. The lowest BCUT2D eigenvalue weighted by Gasteiger charge is -2.28. The fourth-order valence-electron chi connectivity index (χ4n) is 4.57. The van der Waals surface area contributed by atoms with Crippen LogP contribution < -0.4 is 10.1 Å². The Bertz CT molecular complexity index is 1250. The Kier molecular flexibility index (Phi) is 5.55. The van der Waals surface area contributed by atoms with Gasteiger partial charge in [-0.2, -0.15) is 0 Å². The summed E-state index contributed by atoms with van der Waals surface area (Å²) in [5, 5.41) is 12.2. The number of thiocarbonyl (C=S) groups is 1. The molecule has 0 saturated carbocycles. The zero-order valence-corrected chi connectivity index (χ0v) is 19.5.